The van der Waals surface area contributed by atoms with Crippen LogP contribution in [0.5, 0.6) is 5.75 Å². The van der Waals surface area contributed by atoms with Gasteiger partial charge in [-0.05, 0) is 48.9 Å². The Morgan fingerprint density at radius 1 is 1.08 bits per heavy atom. The summed E-state index contributed by atoms with van der Waals surface area (Å²) in [5.41, 5.74) is 4.32. The molecule has 136 valence electrons. The van der Waals surface area contributed by atoms with E-state index < -0.39 is 0 Å². The average molecular weight is 374 g/mol. The lowest BCUT2D eigenvalue weighted by atomic mass is 10.2. The van der Waals surface area contributed by atoms with E-state index >= 15 is 0 Å². The maximum Gasteiger partial charge on any atom is 0.271 e. The molecule has 0 unspecified atom stereocenters. The zero-order chi connectivity index (χ0) is 18.9. The molecule has 2 amide bonds. The van der Waals surface area contributed by atoms with Gasteiger partial charge in [-0.25, -0.2) is 5.43 Å². The molecule has 2 rings (SSSR count). The molecule has 0 saturated heterocycles. The highest BCUT2D eigenvalue weighted by molar-refractivity contribution is 6.30. The van der Waals surface area contributed by atoms with Gasteiger partial charge in [-0.1, -0.05) is 23.7 Å². The van der Waals surface area contributed by atoms with Crippen LogP contribution >= 0.6 is 11.6 Å². The summed E-state index contributed by atoms with van der Waals surface area (Å²) >= 11 is 5.78. The summed E-state index contributed by atoms with van der Waals surface area (Å²) < 4.78 is 5.09. The molecule has 0 aliphatic heterocycles. The van der Waals surface area contributed by atoms with Crippen LogP contribution in [0.2, 0.25) is 5.02 Å². The molecule has 0 bridgehead atoms. The molecule has 2 aromatic rings. The number of carbonyl (C=O) groups excluding carboxylic acids is 2. The second-order valence-electron chi connectivity index (χ2n) is 5.60. The molecule has 0 aromatic heterocycles. The Kier molecular flexibility index (Phi) is 7.17. The van der Waals surface area contributed by atoms with Crippen molar-refractivity contribution in [1.82, 2.24) is 10.7 Å². The van der Waals surface area contributed by atoms with Crippen LogP contribution in [0.15, 0.2) is 53.6 Å². The van der Waals surface area contributed by atoms with Gasteiger partial charge in [0.1, 0.15) is 5.75 Å². The second-order valence-corrected chi connectivity index (χ2v) is 6.03. The fourth-order valence-electron chi connectivity index (χ4n) is 2.09. The summed E-state index contributed by atoms with van der Waals surface area (Å²) in [6.45, 7) is 2.09. The number of amides is 2. The largest absolute Gasteiger partial charge is 0.497 e. The Labute approximate surface area is 157 Å². The minimum Gasteiger partial charge on any atom is -0.497 e. The van der Waals surface area contributed by atoms with Gasteiger partial charge < -0.3 is 10.1 Å². The number of nitrogens with zero attached hydrogens (tertiary/aromatic N) is 1. The molecule has 0 spiro atoms. The van der Waals surface area contributed by atoms with Crippen LogP contribution in [0.1, 0.15) is 29.3 Å². The Morgan fingerprint density at radius 2 is 1.73 bits per heavy atom. The number of nitrogens with one attached hydrogen (secondary N) is 2. The number of methoxy groups -OCH3 is 1. The number of rotatable bonds is 7. The molecular weight excluding hydrogens is 354 g/mol. The van der Waals surface area contributed by atoms with Crippen LogP contribution in [0, 0.1) is 0 Å². The summed E-state index contributed by atoms with van der Waals surface area (Å²) in [7, 11) is 1.60. The van der Waals surface area contributed by atoms with E-state index in [1.165, 1.54) is 0 Å². The van der Waals surface area contributed by atoms with E-state index in [1.807, 2.05) is 24.3 Å². The third-order valence-electron chi connectivity index (χ3n) is 3.52. The first-order chi connectivity index (χ1) is 12.5. The van der Waals surface area contributed by atoms with E-state index in [-0.39, 0.29) is 18.2 Å². The van der Waals surface area contributed by atoms with E-state index in [0.717, 1.165) is 11.3 Å². The molecule has 0 radical (unpaired) electrons. The third kappa shape index (κ3) is 6.22. The molecule has 2 aromatic carbocycles. The zero-order valence-electron chi connectivity index (χ0n) is 14.6. The molecule has 0 fully saturated rings. The predicted molar refractivity (Wildman–Crippen MR) is 101 cm³/mol. The topological polar surface area (TPSA) is 79.8 Å². The monoisotopic (exact) mass is 373 g/mol. The highest BCUT2D eigenvalue weighted by Crippen LogP contribution is 2.11. The minimum absolute atomic E-state index is 0.0943. The molecular formula is C19H20ClN3O3. The van der Waals surface area contributed by atoms with Gasteiger partial charge >= 0.3 is 0 Å². The lowest BCUT2D eigenvalue weighted by molar-refractivity contribution is -0.120. The van der Waals surface area contributed by atoms with Crippen molar-refractivity contribution in [3.8, 4) is 5.75 Å². The number of hydrogen-bond donors (Lipinski definition) is 2. The van der Waals surface area contributed by atoms with Gasteiger partial charge in [0.2, 0.25) is 5.91 Å². The lowest BCUT2D eigenvalue weighted by Crippen LogP contribution is -2.26. The van der Waals surface area contributed by atoms with Crippen LogP contribution in [0.25, 0.3) is 0 Å². The van der Waals surface area contributed by atoms with Gasteiger partial charge in [0.15, 0.2) is 0 Å². The number of hydrazone groups is 1. The third-order valence-corrected chi connectivity index (χ3v) is 3.77. The first-order valence-electron chi connectivity index (χ1n) is 7.96. The van der Waals surface area contributed by atoms with Crippen molar-refractivity contribution >= 4 is 29.1 Å². The van der Waals surface area contributed by atoms with Crippen molar-refractivity contribution in [1.29, 1.82) is 0 Å². The van der Waals surface area contributed by atoms with Crippen molar-refractivity contribution in [2.24, 2.45) is 5.10 Å². The molecule has 6 nitrogen and oxygen atoms in total. The smallest absolute Gasteiger partial charge is 0.271 e. The second kappa shape index (κ2) is 9.58. The quantitative estimate of drug-likeness (QED) is 0.578. The summed E-state index contributed by atoms with van der Waals surface area (Å²) in [6, 6.07) is 13.9. The van der Waals surface area contributed by atoms with Crippen molar-refractivity contribution in [2.45, 2.75) is 19.9 Å². The van der Waals surface area contributed by atoms with E-state index in [1.54, 1.807) is 38.3 Å². The molecule has 2 N–H and O–H groups in total. The highest BCUT2D eigenvalue weighted by atomic mass is 35.5. The predicted octanol–water partition coefficient (Wildman–Crippen LogP) is 3.16. The van der Waals surface area contributed by atoms with Crippen molar-refractivity contribution in [3.63, 3.8) is 0 Å². The van der Waals surface area contributed by atoms with Crippen LogP contribution in [-0.4, -0.2) is 24.6 Å². The number of benzene rings is 2. The molecule has 26 heavy (non-hydrogen) atoms. The number of ether oxygens (including phenoxy) is 1. The average Bonchev–Trinajstić information content (AvgIpc) is 2.65. The molecule has 0 atom stereocenters. The van der Waals surface area contributed by atoms with Gasteiger partial charge in [0.05, 0.1) is 13.5 Å². The molecule has 0 heterocycles. The summed E-state index contributed by atoms with van der Waals surface area (Å²) in [5, 5.41) is 7.30. The van der Waals surface area contributed by atoms with Gasteiger partial charge in [-0.2, -0.15) is 5.10 Å². The Bertz CT molecular complexity index is 787. The molecule has 7 heteroatoms. The molecule has 0 aliphatic rings. The summed E-state index contributed by atoms with van der Waals surface area (Å²) in [6.07, 6.45) is 0.0943. The summed E-state index contributed by atoms with van der Waals surface area (Å²) in [5.74, 6) is 0.224. The Balaban J connectivity index is 1.78. The number of halogens is 1. The lowest BCUT2D eigenvalue weighted by Gasteiger charge is -2.07. The van der Waals surface area contributed by atoms with Gasteiger partial charge in [-0.15, -0.1) is 0 Å². The molecule has 0 saturated carbocycles. The van der Waals surface area contributed by atoms with Crippen LogP contribution in [0.4, 0.5) is 0 Å². The van der Waals surface area contributed by atoms with E-state index in [0.29, 0.717) is 22.8 Å². The van der Waals surface area contributed by atoms with Crippen molar-refractivity contribution < 1.29 is 14.3 Å². The standard InChI is InChI=1S/C19H20ClN3O3/c1-13(22-23-19(25)15-5-7-16(20)8-6-15)11-18(24)21-12-14-3-9-17(26-2)10-4-14/h3-10H,11-12H2,1-2H3,(H,21,24)(H,23,25)/b22-13-. The number of carbonyl (C=O) groups is 2. The Morgan fingerprint density at radius 3 is 2.35 bits per heavy atom. The van der Waals surface area contributed by atoms with Crippen molar-refractivity contribution in [2.75, 3.05) is 7.11 Å². The first-order valence-corrected chi connectivity index (χ1v) is 8.34. The number of hydrogen-bond acceptors (Lipinski definition) is 4. The van der Waals surface area contributed by atoms with E-state index in [2.05, 4.69) is 15.8 Å². The fraction of sp³-hybridized carbons (Fsp3) is 0.211. The van der Waals surface area contributed by atoms with Gasteiger partial charge in [0, 0.05) is 22.8 Å². The molecule has 0 aliphatic carbocycles. The Hall–Kier alpha value is -2.86. The maximum atomic E-state index is 12.0. The zero-order valence-corrected chi connectivity index (χ0v) is 15.3. The highest BCUT2D eigenvalue weighted by Gasteiger charge is 2.07. The van der Waals surface area contributed by atoms with E-state index in [9.17, 15) is 9.59 Å². The van der Waals surface area contributed by atoms with E-state index in [4.69, 9.17) is 16.3 Å². The van der Waals surface area contributed by atoms with Gasteiger partial charge in [0.25, 0.3) is 5.91 Å². The first kappa shape index (κ1) is 19.5. The SMILES string of the molecule is COc1ccc(CNC(=O)C/C(C)=N\NC(=O)c2ccc(Cl)cc2)cc1. The fourth-order valence-corrected chi connectivity index (χ4v) is 2.22. The van der Waals surface area contributed by atoms with Crippen LogP contribution in [-0.2, 0) is 11.3 Å². The van der Waals surface area contributed by atoms with Crippen molar-refractivity contribution in [3.05, 3.63) is 64.7 Å². The van der Waals surface area contributed by atoms with Crippen LogP contribution < -0.4 is 15.5 Å². The minimum atomic E-state index is -0.361. The van der Waals surface area contributed by atoms with Crippen LogP contribution in [0.3, 0.4) is 0 Å². The maximum absolute atomic E-state index is 12.0. The normalized spacial score (nSPS) is 11.0. The summed E-state index contributed by atoms with van der Waals surface area (Å²) in [4.78, 5) is 23.9. The van der Waals surface area contributed by atoms with Gasteiger partial charge in [-0.3, -0.25) is 9.59 Å².